The molecule has 0 aliphatic rings. The van der Waals surface area contributed by atoms with Crippen LogP contribution in [0.1, 0.15) is 29.7 Å². The van der Waals surface area contributed by atoms with Gasteiger partial charge in [0, 0.05) is 5.02 Å². The van der Waals surface area contributed by atoms with Crippen molar-refractivity contribution in [3.63, 3.8) is 0 Å². The van der Waals surface area contributed by atoms with E-state index in [1.54, 1.807) is 13.0 Å². The van der Waals surface area contributed by atoms with Crippen molar-refractivity contribution in [3.8, 4) is 5.75 Å². The van der Waals surface area contributed by atoms with E-state index < -0.39 is 6.04 Å². The lowest BCUT2D eigenvalue weighted by atomic mass is 9.98. The molecule has 0 aromatic heterocycles. The fraction of sp³-hybridized carbons (Fsp3) is 0.250. The average molecular weight is 294 g/mol. The van der Waals surface area contributed by atoms with Crippen molar-refractivity contribution in [3.05, 3.63) is 63.9 Å². The summed E-state index contributed by atoms with van der Waals surface area (Å²) in [6.07, 6.45) is 0. The molecule has 106 valence electrons. The topological polar surface area (TPSA) is 35.2 Å². The van der Waals surface area contributed by atoms with Crippen LogP contribution in [-0.4, -0.2) is 6.61 Å². The quantitative estimate of drug-likeness (QED) is 0.915. The Morgan fingerprint density at radius 3 is 2.50 bits per heavy atom. The van der Waals surface area contributed by atoms with Crippen LogP contribution in [0.4, 0.5) is 4.39 Å². The van der Waals surface area contributed by atoms with Gasteiger partial charge in [-0.25, -0.2) is 4.39 Å². The lowest BCUT2D eigenvalue weighted by Gasteiger charge is -2.16. The van der Waals surface area contributed by atoms with Gasteiger partial charge in [0.1, 0.15) is 11.6 Å². The molecule has 1 unspecified atom stereocenters. The summed E-state index contributed by atoms with van der Waals surface area (Å²) in [7, 11) is 0. The molecule has 0 spiro atoms. The van der Waals surface area contributed by atoms with Gasteiger partial charge in [-0.3, -0.25) is 0 Å². The predicted octanol–water partition coefficient (Wildman–Crippen LogP) is 4.23. The van der Waals surface area contributed by atoms with Gasteiger partial charge < -0.3 is 10.5 Å². The fourth-order valence-corrected chi connectivity index (χ4v) is 2.30. The van der Waals surface area contributed by atoms with Crippen molar-refractivity contribution in [1.82, 2.24) is 0 Å². The minimum atomic E-state index is -0.391. The zero-order chi connectivity index (χ0) is 14.7. The Bertz CT molecular complexity index is 598. The maximum atomic E-state index is 13.4. The Morgan fingerprint density at radius 2 is 1.90 bits per heavy atom. The summed E-state index contributed by atoms with van der Waals surface area (Å²) in [5.74, 6) is 0.475. The SMILES string of the molecule is CCOc1ccc(C(N)c2cc(C)c(F)cc2Cl)cc1. The Labute approximate surface area is 123 Å². The largest absolute Gasteiger partial charge is 0.494 e. The Morgan fingerprint density at radius 1 is 1.25 bits per heavy atom. The number of halogens is 2. The maximum absolute atomic E-state index is 13.4. The molecule has 0 aliphatic carbocycles. The predicted molar refractivity (Wildman–Crippen MR) is 79.8 cm³/mol. The average Bonchev–Trinajstić information content (AvgIpc) is 2.43. The lowest BCUT2D eigenvalue weighted by molar-refractivity contribution is 0.340. The molecule has 0 amide bonds. The van der Waals surface area contributed by atoms with E-state index in [0.29, 0.717) is 17.2 Å². The van der Waals surface area contributed by atoms with Crippen LogP contribution in [0, 0.1) is 12.7 Å². The number of hydrogen-bond donors (Lipinski definition) is 1. The molecule has 0 aliphatic heterocycles. The van der Waals surface area contributed by atoms with Crippen molar-refractivity contribution in [2.45, 2.75) is 19.9 Å². The molecule has 0 heterocycles. The van der Waals surface area contributed by atoms with Crippen LogP contribution in [0.15, 0.2) is 36.4 Å². The first-order chi connectivity index (χ1) is 9.52. The molecule has 0 saturated heterocycles. The van der Waals surface area contributed by atoms with Crippen LogP contribution in [0.2, 0.25) is 5.02 Å². The monoisotopic (exact) mass is 293 g/mol. The molecule has 1 atom stereocenters. The van der Waals surface area contributed by atoms with Gasteiger partial charge in [0.05, 0.1) is 12.6 Å². The van der Waals surface area contributed by atoms with E-state index in [-0.39, 0.29) is 5.82 Å². The van der Waals surface area contributed by atoms with Gasteiger partial charge in [0.2, 0.25) is 0 Å². The summed E-state index contributed by atoms with van der Waals surface area (Å²) in [6, 6.07) is 10.1. The second-order valence-corrected chi connectivity index (χ2v) is 5.01. The van der Waals surface area contributed by atoms with E-state index in [1.165, 1.54) is 6.07 Å². The molecule has 2 rings (SSSR count). The van der Waals surface area contributed by atoms with Crippen molar-refractivity contribution >= 4 is 11.6 Å². The first-order valence-electron chi connectivity index (χ1n) is 6.46. The van der Waals surface area contributed by atoms with Crippen molar-refractivity contribution in [2.24, 2.45) is 5.73 Å². The van der Waals surface area contributed by atoms with E-state index in [1.807, 2.05) is 31.2 Å². The second-order valence-electron chi connectivity index (χ2n) is 4.60. The molecule has 2 aromatic carbocycles. The number of hydrogen-bond acceptors (Lipinski definition) is 2. The van der Waals surface area contributed by atoms with Crippen LogP contribution < -0.4 is 10.5 Å². The van der Waals surface area contributed by atoms with E-state index in [4.69, 9.17) is 22.1 Å². The highest BCUT2D eigenvalue weighted by Crippen LogP contribution is 2.29. The normalized spacial score (nSPS) is 12.2. The van der Waals surface area contributed by atoms with Gasteiger partial charge in [0.15, 0.2) is 0 Å². The molecular weight excluding hydrogens is 277 g/mol. The molecule has 0 bridgehead atoms. The van der Waals surface area contributed by atoms with Gasteiger partial charge in [-0.2, -0.15) is 0 Å². The van der Waals surface area contributed by atoms with Crippen LogP contribution >= 0.6 is 11.6 Å². The summed E-state index contributed by atoms with van der Waals surface area (Å²) >= 11 is 6.08. The van der Waals surface area contributed by atoms with Crippen LogP contribution in [-0.2, 0) is 0 Å². The zero-order valence-corrected chi connectivity index (χ0v) is 12.2. The molecule has 2 aromatic rings. The van der Waals surface area contributed by atoms with Gasteiger partial charge in [-0.1, -0.05) is 23.7 Å². The van der Waals surface area contributed by atoms with Gasteiger partial charge in [-0.15, -0.1) is 0 Å². The van der Waals surface area contributed by atoms with Gasteiger partial charge in [-0.05, 0) is 54.8 Å². The number of ether oxygens (including phenoxy) is 1. The Balaban J connectivity index is 2.31. The Hall–Kier alpha value is -1.58. The van der Waals surface area contributed by atoms with Crippen molar-refractivity contribution in [1.29, 1.82) is 0 Å². The van der Waals surface area contributed by atoms with E-state index in [9.17, 15) is 4.39 Å². The first kappa shape index (κ1) is 14.8. The smallest absolute Gasteiger partial charge is 0.127 e. The molecular formula is C16H17ClFNO. The number of rotatable bonds is 4. The molecule has 2 N–H and O–H groups in total. The van der Waals surface area contributed by atoms with Gasteiger partial charge >= 0.3 is 0 Å². The summed E-state index contributed by atoms with van der Waals surface area (Å²) in [5, 5.41) is 0.342. The summed E-state index contributed by atoms with van der Waals surface area (Å²) < 4.78 is 18.8. The zero-order valence-electron chi connectivity index (χ0n) is 11.5. The summed E-state index contributed by atoms with van der Waals surface area (Å²) in [4.78, 5) is 0. The molecule has 4 heteroatoms. The van der Waals surface area contributed by atoms with E-state index in [0.717, 1.165) is 16.9 Å². The van der Waals surface area contributed by atoms with Crippen molar-refractivity contribution < 1.29 is 9.13 Å². The number of aryl methyl sites for hydroxylation is 1. The Kier molecular flexibility index (Phi) is 4.63. The van der Waals surface area contributed by atoms with Crippen LogP contribution in [0.25, 0.3) is 0 Å². The maximum Gasteiger partial charge on any atom is 0.127 e. The minimum Gasteiger partial charge on any atom is -0.494 e. The molecule has 2 nitrogen and oxygen atoms in total. The van der Waals surface area contributed by atoms with E-state index >= 15 is 0 Å². The molecule has 0 saturated carbocycles. The van der Waals surface area contributed by atoms with Crippen molar-refractivity contribution in [2.75, 3.05) is 6.61 Å². The highest BCUT2D eigenvalue weighted by atomic mass is 35.5. The third kappa shape index (κ3) is 3.11. The van der Waals surface area contributed by atoms with Crippen LogP contribution in [0.5, 0.6) is 5.75 Å². The van der Waals surface area contributed by atoms with E-state index in [2.05, 4.69) is 0 Å². The summed E-state index contributed by atoms with van der Waals surface area (Å²) in [5.41, 5.74) is 8.37. The van der Waals surface area contributed by atoms with Gasteiger partial charge in [0.25, 0.3) is 0 Å². The molecule has 0 radical (unpaired) electrons. The minimum absolute atomic E-state index is 0.322. The standard InChI is InChI=1S/C16H17ClFNO/c1-3-20-12-6-4-11(5-7-12)16(19)13-8-10(2)15(18)9-14(13)17/h4-9,16H,3,19H2,1-2H3. The third-order valence-electron chi connectivity index (χ3n) is 3.16. The fourth-order valence-electron chi connectivity index (χ4n) is 2.04. The first-order valence-corrected chi connectivity index (χ1v) is 6.84. The van der Waals surface area contributed by atoms with Crippen LogP contribution in [0.3, 0.4) is 0 Å². The highest BCUT2D eigenvalue weighted by molar-refractivity contribution is 6.31. The second kappa shape index (κ2) is 6.25. The molecule has 0 fully saturated rings. The molecule has 20 heavy (non-hydrogen) atoms. The third-order valence-corrected chi connectivity index (χ3v) is 3.49. The summed E-state index contributed by atoms with van der Waals surface area (Å²) in [6.45, 7) is 4.25. The number of benzene rings is 2. The highest BCUT2D eigenvalue weighted by Gasteiger charge is 2.14. The number of nitrogens with two attached hydrogens (primary N) is 1. The lowest BCUT2D eigenvalue weighted by Crippen LogP contribution is -2.13.